The third-order valence-electron chi connectivity index (χ3n) is 2.60. The van der Waals surface area contributed by atoms with Gasteiger partial charge in [0.05, 0.1) is 0 Å². The fourth-order valence-corrected chi connectivity index (χ4v) is 1.72. The number of nitrogens with two attached hydrogens (primary N) is 1. The smallest absolute Gasteiger partial charge is 0.0479 e. The van der Waals surface area contributed by atoms with Crippen molar-refractivity contribution >= 4 is 5.69 Å². The minimum atomic E-state index is 0.594. The highest BCUT2D eigenvalue weighted by Crippen LogP contribution is 2.26. The molecule has 0 aliphatic heterocycles. The molecule has 0 saturated carbocycles. The third-order valence-corrected chi connectivity index (χ3v) is 2.60. The lowest BCUT2D eigenvalue weighted by atomic mass is 9.98. The maximum absolute atomic E-state index is 5.87. The van der Waals surface area contributed by atoms with Gasteiger partial charge in [-0.2, -0.15) is 0 Å². The minimum absolute atomic E-state index is 0.594. The van der Waals surface area contributed by atoms with Crippen molar-refractivity contribution in [3.63, 3.8) is 0 Å². The van der Waals surface area contributed by atoms with Gasteiger partial charge in [0.1, 0.15) is 0 Å². The number of terminal acetylenes is 2. The first-order valence-corrected chi connectivity index (χ1v) is 5.18. The summed E-state index contributed by atoms with van der Waals surface area (Å²) < 4.78 is 0. The first-order valence-electron chi connectivity index (χ1n) is 5.18. The first-order chi connectivity index (χ1) is 8.26. The summed E-state index contributed by atoms with van der Waals surface area (Å²) in [6, 6.07) is 13.4. The van der Waals surface area contributed by atoms with E-state index >= 15 is 0 Å². The number of nitrogen functional groups attached to an aromatic ring is 1. The summed E-state index contributed by atoms with van der Waals surface area (Å²) in [6.07, 6.45) is 10.8. The molecule has 0 aromatic heterocycles. The molecular weight excluding hydrogens is 206 g/mol. The lowest BCUT2D eigenvalue weighted by Crippen LogP contribution is -1.92. The lowest BCUT2D eigenvalue weighted by molar-refractivity contribution is 1.56. The summed E-state index contributed by atoms with van der Waals surface area (Å²) in [5.74, 6) is 5.20. The Balaban J connectivity index is 2.59. The van der Waals surface area contributed by atoms with Crippen LogP contribution in [0.1, 0.15) is 11.1 Å². The highest BCUT2D eigenvalue weighted by molar-refractivity contribution is 5.75. The molecule has 0 spiro atoms. The Morgan fingerprint density at radius 1 is 0.882 bits per heavy atom. The molecule has 0 aliphatic carbocycles. The van der Waals surface area contributed by atoms with Gasteiger partial charge < -0.3 is 5.73 Å². The van der Waals surface area contributed by atoms with E-state index in [2.05, 4.69) is 11.8 Å². The Labute approximate surface area is 101 Å². The lowest BCUT2D eigenvalue weighted by Gasteiger charge is -2.07. The average Bonchev–Trinajstić information content (AvgIpc) is 2.38. The van der Waals surface area contributed by atoms with Gasteiger partial charge in [0, 0.05) is 16.8 Å². The zero-order chi connectivity index (χ0) is 12.3. The summed E-state index contributed by atoms with van der Waals surface area (Å²) in [7, 11) is 0. The molecule has 0 unspecified atom stereocenters. The van der Waals surface area contributed by atoms with E-state index in [0.717, 1.165) is 16.7 Å². The van der Waals surface area contributed by atoms with Crippen molar-refractivity contribution < 1.29 is 0 Å². The molecule has 80 valence electrons. The summed E-state index contributed by atoms with van der Waals surface area (Å²) in [6.45, 7) is 0. The van der Waals surface area contributed by atoms with E-state index in [0.29, 0.717) is 11.3 Å². The summed E-state index contributed by atoms with van der Waals surface area (Å²) in [5, 5.41) is 0. The molecule has 0 atom stereocenters. The predicted octanol–water partition coefficient (Wildman–Crippen LogP) is 2.90. The Bertz CT molecular complexity index is 639. The van der Waals surface area contributed by atoms with E-state index in [1.165, 1.54) is 0 Å². The predicted molar refractivity (Wildman–Crippen MR) is 72.2 cm³/mol. The Morgan fingerprint density at radius 2 is 1.59 bits per heavy atom. The van der Waals surface area contributed by atoms with E-state index < -0.39 is 0 Å². The average molecular weight is 217 g/mol. The number of hydrogen-bond acceptors (Lipinski definition) is 1. The summed E-state index contributed by atoms with van der Waals surface area (Å²) >= 11 is 0. The molecule has 0 amide bonds. The quantitative estimate of drug-likeness (QED) is 0.577. The Hall–Kier alpha value is -2.64. The van der Waals surface area contributed by atoms with Gasteiger partial charge >= 0.3 is 0 Å². The highest BCUT2D eigenvalue weighted by Gasteiger charge is 2.04. The van der Waals surface area contributed by atoms with E-state index in [4.69, 9.17) is 18.6 Å². The van der Waals surface area contributed by atoms with Crippen LogP contribution in [0.5, 0.6) is 0 Å². The normalized spacial score (nSPS) is 9.29. The molecule has 0 fully saturated rings. The zero-order valence-electron chi connectivity index (χ0n) is 9.27. The van der Waals surface area contributed by atoms with Gasteiger partial charge in [0.15, 0.2) is 0 Å². The standard InChI is InChI=1S/C16H11N/c1-3-12-7-5-6-8-15(12)14-10-9-13(4-2)16(17)11-14/h1-2,5-11H,17H2. The molecule has 17 heavy (non-hydrogen) atoms. The van der Waals surface area contributed by atoms with Crippen molar-refractivity contribution in [3.05, 3.63) is 53.6 Å². The van der Waals surface area contributed by atoms with E-state index in [-0.39, 0.29) is 0 Å². The van der Waals surface area contributed by atoms with Crippen LogP contribution in [0, 0.1) is 24.7 Å². The number of hydrogen-bond donors (Lipinski definition) is 1. The Morgan fingerprint density at radius 3 is 2.24 bits per heavy atom. The van der Waals surface area contributed by atoms with E-state index in [1.807, 2.05) is 42.5 Å². The molecule has 0 saturated heterocycles. The molecule has 0 aliphatic rings. The van der Waals surface area contributed by atoms with Gasteiger partial charge in [0.2, 0.25) is 0 Å². The van der Waals surface area contributed by atoms with Gasteiger partial charge in [0.25, 0.3) is 0 Å². The maximum Gasteiger partial charge on any atom is 0.0479 e. The number of rotatable bonds is 1. The minimum Gasteiger partial charge on any atom is -0.398 e. The molecule has 2 N–H and O–H groups in total. The molecule has 0 heterocycles. The first kappa shape index (κ1) is 10.9. The van der Waals surface area contributed by atoms with Crippen molar-refractivity contribution in [1.29, 1.82) is 0 Å². The maximum atomic E-state index is 5.87. The van der Waals surface area contributed by atoms with Crippen LogP contribution < -0.4 is 5.73 Å². The van der Waals surface area contributed by atoms with E-state index in [9.17, 15) is 0 Å². The van der Waals surface area contributed by atoms with Crippen LogP contribution in [0.2, 0.25) is 0 Å². The monoisotopic (exact) mass is 217 g/mol. The molecule has 2 rings (SSSR count). The second kappa shape index (κ2) is 4.47. The van der Waals surface area contributed by atoms with Crippen LogP contribution in [0.3, 0.4) is 0 Å². The zero-order valence-corrected chi connectivity index (χ0v) is 9.27. The molecule has 2 aromatic carbocycles. The molecule has 1 heteroatoms. The topological polar surface area (TPSA) is 26.0 Å². The van der Waals surface area contributed by atoms with Crippen molar-refractivity contribution in [2.24, 2.45) is 0 Å². The summed E-state index contributed by atoms with van der Waals surface area (Å²) in [4.78, 5) is 0. The van der Waals surface area contributed by atoms with Crippen LogP contribution in [0.4, 0.5) is 5.69 Å². The molecule has 1 nitrogen and oxygen atoms in total. The third kappa shape index (κ3) is 2.00. The fourth-order valence-electron chi connectivity index (χ4n) is 1.72. The highest BCUT2D eigenvalue weighted by atomic mass is 14.6. The second-order valence-corrected chi connectivity index (χ2v) is 3.64. The van der Waals surface area contributed by atoms with Crippen molar-refractivity contribution in [3.8, 4) is 35.8 Å². The van der Waals surface area contributed by atoms with Crippen molar-refractivity contribution in [1.82, 2.24) is 0 Å². The largest absolute Gasteiger partial charge is 0.398 e. The van der Waals surface area contributed by atoms with Crippen LogP contribution in [0.15, 0.2) is 42.5 Å². The van der Waals surface area contributed by atoms with Gasteiger partial charge in [-0.1, -0.05) is 36.1 Å². The molecular formula is C16H11N. The van der Waals surface area contributed by atoms with Crippen LogP contribution >= 0.6 is 0 Å². The van der Waals surface area contributed by atoms with Crippen molar-refractivity contribution in [2.45, 2.75) is 0 Å². The van der Waals surface area contributed by atoms with Crippen molar-refractivity contribution in [2.75, 3.05) is 5.73 Å². The fraction of sp³-hybridized carbons (Fsp3) is 0. The van der Waals surface area contributed by atoms with Gasteiger partial charge in [-0.25, -0.2) is 0 Å². The summed E-state index contributed by atoms with van der Waals surface area (Å²) in [5.41, 5.74) is 9.98. The van der Waals surface area contributed by atoms with Crippen LogP contribution in [0.25, 0.3) is 11.1 Å². The van der Waals surface area contributed by atoms with Gasteiger partial charge in [-0.05, 0) is 29.3 Å². The Kier molecular flexibility index (Phi) is 2.86. The molecule has 2 aromatic rings. The van der Waals surface area contributed by atoms with Crippen LogP contribution in [-0.2, 0) is 0 Å². The number of benzene rings is 2. The van der Waals surface area contributed by atoms with Gasteiger partial charge in [-0.15, -0.1) is 12.8 Å². The SMILES string of the molecule is C#Cc1ccc(-c2ccccc2C#C)cc1N. The molecule has 0 bridgehead atoms. The van der Waals surface area contributed by atoms with Crippen LogP contribution in [-0.4, -0.2) is 0 Å². The second-order valence-electron chi connectivity index (χ2n) is 3.64. The molecule has 0 radical (unpaired) electrons. The van der Waals surface area contributed by atoms with Gasteiger partial charge in [-0.3, -0.25) is 0 Å². The number of anilines is 1. The van der Waals surface area contributed by atoms with E-state index in [1.54, 1.807) is 0 Å².